The van der Waals surface area contributed by atoms with Gasteiger partial charge in [-0.15, -0.1) is 5.10 Å². The summed E-state index contributed by atoms with van der Waals surface area (Å²) in [4.78, 5) is 44.3. The third kappa shape index (κ3) is 6.90. The molecule has 234 valence electrons. The standard InChI is InChI=1S/C33H41ClN6O4/c1-22-9-7-8-10-26(22)23-11-12-28(34)27(17-23)30(42)39-20-25(13-14-33(39,5)6)40-19-24(35-36-40)18-37-15-16-38(21-29(37)41)31(43)44-32(2,3)4/h7-12,17,19,25H,13-16,18,20-21H2,1-6H3. The summed E-state index contributed by atoms with van der Waals surface area (Å²) < 4.78 is 7.21. The van der Waals surface area contributed by atoms with Crippen molar-refractivity contribution in [3.63, 3.8) is 0 Å². The molecule has 2 aliphatic rings. The number of halogens is 1. The molecule has 0 spiro atoms. The summed E-state index contributed by atoms with van der Waals surface area (Å²) >= 11 is 6.61. The lowest BCUT2D eigenvalue weighted by Gasteiger charge is -2.45. The van der Waals surface area contributed by atoms with Gasteiger partial charge in [0.15, 0.2) is 0 Å². The van der Waals surface area contributed by atoms with Crippen LogP contribution in [0.2, 0.25) is 5.02 Å². The lowest BCUT2D eigenvalue weighted by molar-refractivity contribution is -0.136. The molecule has 1 unspecified atom stereocenters. The fourth-order valence-corrected chi connectivity index (χ4v) is 5.99. The van der Waals surface area contributed by atoms with Crippen LogP contribution in [0.15, 0.2) is 48.7 Å². The first-order valence-electron chi connectivity index (χ1n) is 15.1. The summed E-state index contributed by atoms with van der Waals surface area (Å²) in [7, 11) is 0. The van der Waals surface area contributed by atoms with Crippen molar-refractivity contribution in [1.29, 1.82) is 0 Å². The predicted molar refractivity (Wildman–Crippen MR) is 168 cm³/mol. The van der Waals surface area contributed by atoms with Crippen molar-refractivity contribution in [2.75, 3.05) is 26.2 Å². The fourth-order valence-electron chi connectivity index (χ4n) is 5.79. The van der Waals surface area contributed by atoms with Gasteiger partial charge in [0.2, 0.25) is 5.91 Å². The highest BCUT2D eigenvalue weighted by Crippen LogP contribution is 2.36. The molecule has 0 saturated carbocycles. The number of likely N-dealkylation sites (tertiary alicyclic amines) is 1. The number of piperazine rings is 1. The van der Waals surface area contributed by atoms with E-state index >= 15 is 0 Å². The number of carbonyl (C=O) groups is 3. The number of nitrogens with zero attached hydrogens (tertiary/aromatic N) is 6. The Labute approximate surface area is 263 Å². The molecule has 2 aliphatic heterocycles. The average molecular weight is 621 g/mol. The van der Waals surface area contributed by atoms with Gasteiger partial charge in [-0.05, 0) is 83.2 Å². The number of hydrogen-bond acceptors (Lipinski definition) is 6. The second-order valence-corrected chi connectivity index (χ2v) is 13.7. The molecule has 1 aromatic heterocycles. The van der Waals surface area contributed by atoms with E-state index < -0.39 is 11.7 Å². The van der Waals surface area contributed by atoms with E-state index in [0.717, 1.165) is 29.5 Å². The maximum absolute atomic E-state index is 14.1. The minimum atomic E-state index is -0.623. The molecular formula is C33H41ClN6O4. The molecule has 0 N–H and O–H groups in total. The molecular weight excluding hydrogens is 580 g/mol. The molecule has 44 heavy (non-hydrogen) atoms. The van der Waals surface area contributed by atoms with Gasteiger partial charge in [0.25, 0.3) is 5.91 Å². The second-order valence-electron chi connectivity index (χ2n) is 13.3. The van der Waals surface area contributed by atoms with Crippen molar-refractivity contribution in [3.8, 4) is 11.1 Å². The predicted octanol–water partition coefficient (Wildman–Crippen LogP) is 5.74. The number of piperidine rings is 1. The Balaban J connectivity index is 1.27. The minimum absolute atomic E-state index is 0.0363. The third-order valence-corrected chi connectivity index (χ3v) is 8.70. The van der Waals surface area contributed by atoms with Gasteiger partial charge in [-0.1, -0.05) is 47.1 Å². The summed E-state index contributed by atoms with van der Waals surface area (Å²) in [5, 5.41) is 9.15. The first-order valence-corrected chi connectivity index (χ1v) is 15.4. The fraction of sp³-hybridized carbons (Fsp3) is 0.485. The van der Waals surface area contributed by atoms with Crippen LogP contribution >= 0.6 is 11.6 Å². The van der Waals surface area contributed by atoms with Crippen LogP contribution in [0.1, 0.15) is 75.1 Å². The maximum atomic E-state index is 14.1. The van der Waals surface area contributed by atoms with Crippen LogP contribution in [0.25, 0.3) is 11.1 Å². The van der Waals surface area contributed by atoms with Gasteiger partial charge in [-0.25, -0.2) is 9.48 Å². The van der Waals surface area contributed by atoms with Gasteiger partial charge in [0.05, 0.1) is 29.4 Å². The summed E-state index contributed by atoms with van der Waals surface area (Å²) in [6.07, 6.45) is 2.97. The Kier molecular flexibility index (Phi) is 8.75. The van der Waals surface area contributed by atoms with E-state index in [1.54, 1.807) is 36.4 Å². The Morgan fingerprint density at radius 3 is 2.57 bits per heavy atom. The monoisotopic (exact) mass is 620 g/mol. The van der Waals surface area contributed by atoms with Crippen molar-refractivity contribution < 1.29 is 19.1 Å². The number of aryl methyl sites for hydroxylation is 1. The number of rotatable bonds is 5. The van der Waals surface area contributed by atoms with Crippen LogP contribution in [0.3, 0.4) is 0 Å². The third-order valence-electron chi connectivity index (χ3n) is 8.37. The van der Waals surface area contributed by atoms with Gasteiger partial charge in [0, 0.05) is 25.2 Å². The maximum Gasteiger partial charge on any atom is 0.410 e. The van der Waals surface area contributed by atoms with E-state index in [0.29, 0.717) is 42.5 Å². The Bertz CT molecular complexity index is 1560. The van der Waals surface area contributed by atoms with Crippen LogP contribution in [0.5, 0.6) is 0 Å². The highest BCUT2D eigenvalue weighted by Gasteiger charge is 2.39. The van der Waals surface area contributed by atoms with Crippen LogP contribution in [0.4, 0.5) is 4.79 Å². The van der Waals surface area contributed by atoms with E-state index in [9.17, 15) is 14.4 Å². The Morgan fingerprint density at radius 2 is 1.86 bits per heavy atom. The number of ether oxygens (including phenoxy) is 1. The molecule has 3 heterocycles. The van der Waals surface area contributed by atoms with Crippen LogP contribution in [0, 0.1) is 6.92 Å². The number of amides is 3. The topological polar surface area (TPSA) is 101 Å². The normalized spacial score (nSPS) is 18.8. The summed E-state index contributed by atoms with van der Waals surface area (Å²) in [6.45, 7) is 13.1. The van der Waals surface area contributed by atoms with Gasteiger partial charge >= 0.3 is 6.09 Å². The van der Waals surface area contributed by atoms with E-state index in [4.69, 9.17) is 16.3 Å². The van der Waals surface area contributed by atoms with E-state index in [2.05, 4.69) is 37.1 Å². The number of carbonyl (C=O) groups excluding carboxylic acids is 3. The van der Waals surface area contributed by atoms with Crippen LogP contribution in [-0.2, 0) is 16.1 Å². The highest BCUT2D eigenvalue weighted by atomic mass is 35.5. The Hall–Kier alpha value is -3.92. The molecule has 2 fully saturated rings. The van der Waals surface area contributed by atoms with Crippen molar-refractivity contribution >= 4 is 29.5 Å². The van der Waals surface area contributed by atoms with E-state index in [-0.39, 0.29) is 29.9 Å². The molecule has 2 aromatic carbocycles. The summed E-state index contributed by atoms with van der Waals surface area (Å²) in [5.41, 5.74) is 3.27. The highest BCUT2D eigenvalue weighted by molar-refractivity contribution is 6.34. The molecule has 11 heteroatoms. The van der Waals surface area contributed by atoms with Gasteiger partial charge in [-0.3, -0.25) is 14.5 Å². The minimum Gasteiger partial charge on any atom is -0.444 e. The van der Waals surface area contributed by atoms with Crippen molar-refractivity contribution in [1.82, 2.24) is 29.7 Å². The molecule has 5 rings (SSSR count). The number of hydrogen-bond donors (Lipinski definition) is 0. The molecule has 10 nitrogen and oxygen atoms in total. The molecule has 2 saturated heterocycles. The lowest BCUT2D eigenvalue weighted by Crippen LogP contribution is -2.53. The van der Waals surface area contributed by atoms with E-state index in [1.807, 2.05) is 41.4 Å². The molecule has 1 atom stereocenters. The zero-order chi connectivity index (χ0) is 31.8. The lowest BCUT2D eigenvalue weighted by atomic mass is 9.87. The molecule has 3 aromatic rings. The van der Waals surface area contributed by atoms with E-state index in [1.165, 1.54) is 4.90 Å². The zero-order valence-corrected chi connectivity index (χ0v) is 27.1. The first kappa shape index (κ1) is 31.5. The van der Waals surface area contributed by atoms with Gasteiger partial charge in [-0.2, -0.15) is 0 Å². The average Bonchev–Trinajstić information content (AvgIpc) is 3.42. The molecule has 0 aliphatic carbocycles. The second kappa shape index (κ2) is 12.2. The number of aromatic nitrogens is 3. The van der Waals surface area contributed by atoms with Crippen LogP contribution < -0.4 is 0 Å². The molecule has 0 bridgehead atoms. The quantitative estimate of drug-likeness (QED) is 0.360. The van der Waals surface area contributed by atoms with Crippen molar-refractivity contribution in [3.05, 3.63) is 70.5 Å². The zero-order valence-electron chi connectivity index (χ0n) is 26.3. The van der Waals surface area contributed by atoms with Crippen molar-refractivity contribution in [2.45, 2.75) is 78.1 Å². The number of benzene rings is 2. The van der Waals surface area contributed by atoms with Gasteiger partial charge in [0.1, 0.15) is 17.8 Å². The molecule has 3 amide bonds. The van der Waals surface area contributed by atoms with Gasteiger partial charge < -0.3 is 14.5 Å². The largest absolute Gasteiger partial charge is 0.444 e. The Morgan fingerprint density at radius 1 is 1.11 bits per heavy atom. The smallest absolute Gasteiger partial charge is 0.410 e. The molecule has 0 radical (unpaired) electrons. The van der Waals surface area contributed by atoms with Crippen LogP contribution in [-0.4, -0.2) is 84.9 Å². The SMILES string of the molecule is Cc1ccccc1-c1ccc(Cl)c(C(=O)N2CC(n3cc(CN4CCN(C(=O)OC(C)(C)C)CC4=O)nn3)CCC2(C)C)c1. The summed E-state index contributed by atoms with van der Waals surface area (Å²) in [6, 6.07) is 13.6. The van der Waals surface area contributed by atoms with Crippen molar-refractivity contribution in [2.24, 2.45) is 0 Å². The summed E-state index contributed by atoms with van der Waals surface area (Å²) in [5.74, 6) is -0.286. The first-order chi connectivity index (χ1) is 20.7.